The van der Waals surface area contributed by atoms with Gasteiger partial charge in [0.1, 0.15) is 0 Å². The first-order chi connectivity index (χ1) is 23.8. The predicted molar refractivity (Wildman–Crippen MR) is 201 cm³/mol. The van der Waals surface area contributed by atoms with Gasteiger partial charge in [0, 0.05) is 36.2 Å². The summed E-state index contributed by atoms with van der Waals surface area (Å²) in [6, 6.07) is 46.9. The lowest BCUT2D eigenvalue weighted by atomic mass is 9.81. The van der Waals surface area contributed by atoms with Crippen LogP contribution in [0.2, 0.25) is 0 Å². The van der Waals surface area contributed by atoms with Gasteiger partial charge in [-0.15, -0.1) is 0 Å². The molecule has 0 unspecified atom stereocenters. The fraction of sp³-hybridized carbons (Fsp3) is 0.114. The summed E-state index contributed by atoms with van der Waals surface area (Å²) >= 11 is 0. The second kappa shape index (κ2) is 10.7. The molecule has 9 rings (SSSR count). The molecule has 6 aromatic carbocycles. The first-order valence-electron chi connectivity index (χ1n) is 16.7. The monoisotopic (exact) mass is 634 g/mol. The molecule has 0 fully saturated rings. The van der Waals surface area contributed by atoms with E-state index in [2.05, 4.69) is 123 Å². The van der Waals surface area contributed by atoms with Gasteiger partial charge < -0.3 is 0 Å². The number of benzene rings is 6. The highest BCUT2D eigenvalue weighted by Crippen LogP contribution is 2.53. The van der Waals surface area contributed by atoms with Crippen molar-refractivity contribution in [3.8, 4) is 56.2 Å². The molecule has 2 heterocycles. The zero-order valence-corrected chi connectivity index (χ0v) is 27.9. The molecule has 5 heteroatoms. The summed E-state index contributed by atoms with van der Waals surface area (Å²) in [6.45, 7) is 4.65. The minimum atomic E-state index is -0.152. The van der Waals surface area contributed by atoms with Crippen LogP contribution in [0.3, 0.4) is 0 Å². The fourth-order valence-corrected chi connectivity index (χ4v) is 7.76. The topological polar surface area (TPSA) is 52.7 Å². The minimum absolute atomic E-state index is 0.0331. The van der Waals surface area contributed by atoms with Gasteiger partial charge in [0.05, 0.1) is 22.4 Å². The van der Waals surface area contributed by atoms with E-state index in [4.69, 9.17) is 9.97 Å². The Morgan fingerprint density at radius 1 is 0.510 bits per heavy atom. The van der Waals surface area contributed by atoms with Crippen LogP contribution in [0, 0.1) is 0 Å². The summed E-state index contributed by atoms with van der Waals surface area (Å²) in [5.74, 6) is 0.686. The Morgan fingerprint density at radius 3 is 2.00 bits per heavy atom. The minimum Gasteiger partial charge on any atom is -0.295 e. The fourth-order valence-electron chi connectivity index (χ4n) is 7.76. The molecule has 0 amide bonds. The third-order valence-electron chi connectivity index (χ3n) is 10.4. The van der Waals surface area contributed by atoms with Gasteiger partial charge in [0.2, 0.25) is 0 Å². The van der Waals surface area contributed by atoms with Crippen LogP contribution in [-0.2, 0) is 19.5 Å². The molecule has 0 spiro atoms. The van der Waals surface area contributed by atoms with Gasteiger partial charge in [0.15, 0.2) is 5.82 Å². The van der Waals surface area contributed by atoms with Crippen LogP contribution in [-0.4, -0.2) is 19.1 Å². The van der Waals surface area contributed by atoms with Crippen molar-refractivity contribution in [2.75, 3.05) is 0 Å². The largest absolute Gasteiger partial charge is 0.328 e. The van der Waals surface area contributed by atoms with E-state index < -0.39 is 0 Å². The molecular weight excluding hydrogens is 601 g/mol. The van der Waals surface area contributed by atoms with E-state index in [1.54, 1.807) is 9.13 Å². The average Bonchev–Trinajstić information content (AvgIpc) is 3.52. The quantitative estimate of drug-likeness (QED) is 0.194. The normalized spacial score (nSPS) is 13.1. The summed E-state index contributed by atoms with van der Waals surface area (Å²) in [4.78, 5) is 23.0. The average molecular weight is 635 g/mol. The van der Waals surface area contributed by atoms with Crippen molar-refractivity contribution < 1.29 is 0 Å². The van der Waals surface area contributed by atoms with Gasteiger partial charge in [-0.1, -0.05) is 117 Å². The molecule has 0 aliphatic heterocycles. The van der Waals surface area contributed by atoms with Crippen LogP contribution in [0.25, 0.3) is 78.0 Å². The Hall–Kier alpha value is -6.07. The van der Waals surface area contributed by atoms with Crippen molar-refractivity contribution in [2.45, 2.75) is 19.3 Å². The predicted octanol–water partition coefficient (Wildman–Crippen LogP) is 9.79. The molecule has 0 N–H and O–H groups in total. The number of rotatable bonds is 4. The molecule has 2 aromatic heterocycles. The molecule has 5 nitrogen and oxygen atoms in total. The van der Waals surface area contributed by atoms with Crippen LogP contribution in [0.4, 0.5) is 0 Å². The number of hydrogen-bond donors (Lipinski definition) is 0. The van der Waals surface area contributed by atoms with E-state index in [9.17, 15) is 4.79 Å². The molecule has 0 radical (unpaired) electrons. The summed E-state index contributed by atoms with van der Waals surface area (Å²) in [7, 11) is 3.63. The van der Waals surface area contributed by atoms with Gasteiger partial charge in [-0.3, -0.25) is 9.13 Å². The zero-order valence-electron chi connectivity index (χ0n) is 27.9. The molecule has 0 bridgehead atoms. The maximum absolute atomic E-state index is 12.6. The number of nitrogens with zero attached hydrogens (tertiary/aromatic N) is 4. The Bertz CT molecular complexity index is 2680. The second-order valence-corrected chi connectivity index (χ2v) is 13.6. The van der Waals surface area contributed by atoms with Crippen molar-refractivity contribution in [1.82, 2.24) is 19.1 Å². The van der Waals surface area contributed by atoms with Gasteiger partial charge >= 0.3 is 5.69 Å². The number of fused-ring (bicyclic) bond motifs is 6. The number of aromatic nitrogens is 4. The van der Waals surface area contributed by atoms with Gasteiger partial charge in [-0.25, -0.2) is 14.8 Å². The lowest BCUT2D eigenvalue weighted by molar-refractivity contribution is 0.661. The Kier molecular flexibility index (Phi) is 6.37. The highest BCUT2D eigenvalue weighted by molar-refractivity contribution is 6.08. The van der Waals surface area contributed by atoms with Crippen molar-refractivity contribution in [3.05, 3.63) is 155 Å². The van der Waals surface area contributed by atoms with E-state index in [-0.39, 0.29) is 11.1 Å². The summed E-state index contributed by atoms with van der Waals surface area (Å²) < 4.78 is 3.39. The van der Waals surface area contributed by atoms with Crippen molar-refractivity contribution in [3.63, 3.8) is 0 Å². The maximum atomic E-state index is 12.6. The second-order valence-electron chi connectivity index (χ2n) is 13.6. The number of aryl methyl sites for hydroxylation is 2. The molecule has 0 atom stereocenters. The van der Waals surface area contributed by atoms with Crippen molar-refractivity contribution in [1.29, 1.82) is 0 Å². The third-order valence-corrected chi connectivity index (χ3v) is 10.4. The van der Waals surface area contributed by atoms with Crippen LogP contribution in [0.5, 0.6) is 0 Å². The highest BCUT2D eigenvalue weighted by atomic mass is 16.1. The zero-order chi connectivity index (χ0) is 33.4. The van der Waals surface area contributed by atoms with Gasteiger partial charge in [-0.2, -0.15) is 0 Å². The molecule has 0 saturated carbocycles. The van der Waals surface area contributed by atoms with Crippen LogP contribution in [0.15, 0.2) is 138 Å². The summed E-state index contributed by atoms with van der Waals surface area (Å²) in [5.41, 5.74) is 13.8. The number of hydrogen-bond acceptors (Lipinski definition) is 3. The first kappa shape index (κ1) is 29.1. The van der Waals surface area contributed by atoms with E-state index in [0.717, 1.165) is 50.2 Å². The lowest BCUT2D eigenvalue weighted by Crippen LogP contribution is -2.19. The van der Waals surface area contributed by atoms with Gasteiger partial charge in [0.25, 0.3) is 0 Å². The van der Waals surface area contributed by atoms with E-state index >= 15 is 0 Å². The Labute approximate surface area is 284 Å². The van der Waals surface area contributed by atoms with Crippen LogP contribution in [0.1, 0.15) is 25.0 Å². The molecule has 0 saturated heterocycles. The molecule has 49 heavy (non-hydrogen) atoms. The van der Waals surface area contributed by atoms with E-state index in [0.29, 0.717) is 5.82 Å². The molecule has 1 aliphatic carbocycles. The molecule has 236 valence electrons. The lowest BCUT2D eigenvalue weighted by Gasteiger charge is -2.23. The summed E-state index contributed by atoms with van der Waals surface area (Å²) in [5, 5.41) is 2.41. The molecule has 8 aromatic rings. The van der Waals surface area contributed by atoms with Crippen molar-refractivity contribution in [2.24, 2.45) is 14.1 Å². The van der Waals surface area contributed by atoms with Crippen molar-refractivity contribution >= 4 is 21.8 Å². The highest BCUT2D eigenvalue weighted by Gasteiger charge is 2.37. The SMILES string of the molecule is Cn1c(=O)n(C)c2cc(-c3cccc(-c4cc(-c5cc6c(c7ccccc57)-c5ccccc5C6(C)C)nc(-c5ccccc5)n4)c3)ccc21. The van der Waals surface area contributed by atoms with Crippen LogP contribution >= 0.6 is 0 Å². The Balaban J connectivity index is 1.26. The smallest absolute Gasteiger partial charge is 0.295 e. The van der Waals surface area contributed by atoms with Crippen LogP contribution < -0.4 is 5.69 Å². The third kappa shape index (κ3) is 4.42. The van der Waals surface area contributed by atoms with E-state index in [1.165, 1.54) is 33.0 Å². The first-order valence-corrected chi connectivity index (χ1v) is 16.7. The van der Waals surface area contributed by atoms with E-state index in [1.807, 2.05) is 38.4 Å². The summed E-state index contributed by atoms with van der Waals surface area (Å²) in [6.07, 6.45) is 0. The molecule has 1 aliphatic rings. The Morgan fingerprint density at radius 2 is 1.16 bits per heavy atom. The standard InChI is InChI=1S/C44H34N4O/c1-44(2)35-20-11-10-19-33(35)41-32-18-9-8-17-31(32)34(25-36(41)44)38-26-37(45-42(46-38)27-13-6-5-7-14-27)30-16-12-15-28(23-30)29-21-22-39-40(24-29)48(4)43(49)47(39)3/h5-26H,1-4H3. The number of imidazole rings is 1. The maximum Gasteiger partial charge on any atom is 0.328 e. The van der Waals surface area contributed by atoms with Gasteiger partial charge in [-0.05, 0) is 74.5 Å². The molecular formula is C44H34N4O.